The zero-order valence-corrected chi connectivity index (χ0v) is 15.7. The highest BCUT2D eigenvalue weighted by molar-refractivity contribution is 5.48. The molecule has 4 nitrogen and oxygen atoms in total. The molecular formula is C21H31NO3. The Hall–Kier alpha value is -1.52. The third-order valence-electron chi connectivity index (χ3n) is 5.62. The lowest BCUT2D eigenvalue weighted by molar-refractivity contribution is 0.137. The van der Waals surface area contributed by atoms with E-state index in [4.69, 9.17) is 9.47 Å². The molecule has 1 heterocycles. The van der Waals surface area contributed by atoms with Crippen molar-refractivity contribution in [2.45, 2.75) is 57.1 Å². The van der Waals surface area contributed by atoms with Crippen LogP contribution in [0.15, 0.2) is 30.4 Å². The molecule has 0 bridgehead atoms. The first-order chi connectivity index (χ1) is 12.1. The highest BCUT2D eigenvalue weighted by Gasteiger charge is 2.48. The van der Waals surface area contributed by atoms with Crippen LogP contribution in [0.3, 0.4) is 0 Å². The molecule has 0 aromatic heterocycles. The number of hydrogen-bond donors (Lipinski definition) is 1. The summed E-state index contributed by atoms with van der Waals surface area (Å²) in [6.07, 6.45) is 7.84. The van der Waals surface area contributed by atoms with Crippen LogP contribution in [0.5, 0.6) is 11.5 Å². The SMILES string of the molecule is CCCCOc1cc([C@@]23C=C[C@@H](O)C[C@@H]2N(C)CC3)ccc1OCC. The largest absolute Gasteiger partial charge is 0.490 e. The Morgan fingerprint density at radius 3 is 2.84 bits per heavy atom. The molecule has 1 aliphatic carbocycles. The lowest BCUT2D eigenvalue weighted by Gasteiger charge is -2.39. The van der Waals surface area contributed by atoms with Gasteiger partial charge in [0.15, 0.2) is 11.5 Å². The number of unbranched alkanes of at least 4 members (excludes halogenated alkanes) is 1. The fraction of sp³-hybridized carbons (Fsp3) is 0.619. The highest BCUT2D eigenvalue weighted by atomic mass is 16.5. The van der Waals surface area contributed by atoms with E-state index in [1.54, 1.807) is 0 Å². The fourth-order valence-corrected chi connectivity index (χ4v) is 4.20. The lowest BCUT2D eigenvalue weighted by atomic mass is 9.69. The average Bonchev–Trinajstić information content (AvgIpc) is 2.94. The van der Waals surface area contributed by atoms with Crippen LogP contribution in [-0.4, -0.2) is 49.0 Å². The molecule has 1 aromatic carbocycles. The first-order valence-corrected chi connectivity index (χ1v) is 9.58. The van der Waals surface area contributed by atoms with Crippen LogP contribution in [0.4, 0.5) is 0 Å². The van der Waals surface area contributed by atoms with Gasteiger partial charge in [0.05, 0.1) is 19.3 Å². The standard InChI is InChI=1S/C21H31NO3/c1-4-6-13-25-19-14-16(7-8-18(19)24-5-2)21-10-9-17(23)15-20(21)22(3)12-11-21/h7-10,14,17,20,23H,4-6,11-13,15H2,1-3H3/t17-,20+,21+/m1/s1. The van der Waals surface area contributed by atoms with Gasteiger partial charge in [-0.25, -0.2) is 0 Å². The molecule has 25 heavy (non-hydrogen) atoms. The molecule has 1 fully saturated rings. The van der Waals surface area contributed by atoms with Gasteiger partial charge in [-0.05, 0) is 57.5 Å². The number of likely N-dealkylation sites (N-methyl/N-ethyl adjacent to an activating group) is 1. The third-order valence-corrected chi connectivity index (χ3v) is 5.62. The fourth-order valence-electron chi connectivity index (χ4n) is 4.20. The Balaban J connectivity index is 1.95. The van der Waals surface area contributed by atoms with E-state index in [0.29, 0.717) is 19.3 Å². The Kier molecular flexibility index (Phi) is 5.70. The van der Waals surface area contributed by atoms with Crippen LogP contribution < -0.4 is 9.47 Å². The number of fused-ring (bicyclic) bond motifs is 1. The summed E-state index contributed by atoms with van der Waals surface area (Å²) in [5.41, 5.74) is 1.22. The smallest absolute Gasteiger partial charge is 0.161 e. The summed E-state index contributed by atoms with van der Waals surface area (Å²) in [6.45, 7) is 6.55. The molecule has 3 rings (SSSR count). The van der Waals surface area contributed by atoms with Gasteiger partial charge in [-0.15, -0.1) is 0 Å². The summed E-state index contributed by atoms with van der Waals surface area (Å²) in [4.78, 5) is 2.38. The van der Waals surface area contributed by atoms with Gasteiger partial charge in [-0.2, -0.15) is 0 Å². The molecule has 0 spiro atoms. The minimum Gasteiger partial charge on any atom is -0.490 e. The summed E-state index contributed by atoms with van der Waals surface area (Å²) in [5.74, 6) is 1.66. The van der Waals surface area contributed by atoms with E-state index >= 15 is 0 Å². The highest BCUT2D eigenvalue weighted by Crippen LogP contribution is 2.47. The Bertz CT molecular complexity index is 615. The molecule has 1 aliphatic heterocycles. The summed E-state index contributed by atoms with van der Waals surface area (Å²) >= 11 is 0. The maximum atomic E-state index is 10.1. The number of ether oxygens (including phenoxy) is 2. The van der Waals surface area contributed by atoms with Crippen molar-refractivity contribution >= 4 is 0 Å². The van der Waals surface area contributed by atoms with Gasteiger partial charge in [-0.1, -0.05) is 31.6 Å². The van der Waals surface area contributed by atoms with Crippen molar-refractivity contribution in [2.24, 2.45) is 0 Å². The number of hydrogen-bond acceptors (Lipinski definition) is 4. The number of aliphatic hydroxyl groups is 1. The van der Waals surface area contributed by atoms with Crippen molar-refractivity contribution in [2.75, 3.05) is 26.8 Å². The quantitative estimate of drug-likeness (QED) is 0.606. The van der Waals surface area contributed by atoms with Crippen LogP contribution in [0, 0.1) is 0 Å². The molecule has 1 aromatic rings. The predicted molar refractivity (Wildman–Crippen MR) is 100 cm³/mol. The van der Waals surface area contributed by atoms with Crippen LogP contribution in [0.1, 0.15) is 45.1 Å². The second-order valence-corrected chi connectivity index (χ2v) is 7.25. The average molecular weight is 345 g/mol. The zero-order valence-electron chi connectivity index (χ0n) is 15.7. The molecule has 138 valence electrons. The van der Waals surface area contributed by atoms with Crippen molar-refractivity contribution in [3.05, 3.63) is 35.9 Å². The molecule has 1 saturated heterocycles. The van der Waals surface area contributed by atoms with E-state index in [1.165, 1.54) is 5.56 Å². The van der Waals surface area contributed by atoms with Crippen molar-refractivity contribution in [3.63, 3.8) is 0 Å². The minimum absolute atomic E-state index is 0.0401. The summed E-state index contributed by atoms with van der Waals surface area (Å²) in [5, 5.41) is 10.1. The van der Waals surface area contributed by atoms with Crippen LogP contribution in [0.2, 0.25) is 0 Å². The number of nitrogens with zero attached hydrogens (tertiary/aromatic N) is 1. The van der Waals surface area contributed by atoms with Gasteiger partial charge >= 0.3 is 0 Å². The topological polar surface area (TPSA) is 41.9 Å². The number of likely N-dealkylation sites (tertiary alicyclic amines) is 1. The van der Waals surface area contributed by atoms with Gasteiger partial charge < -0.3 is 19.5 Å². The Morgan fingerprint density at radius 1 is 1.24 bits per heavy atom. The van der Waals surface area contributed by atoms with E-state index in [-0.39, 0.29) is 11.5 Å². The molecule has 1 N–H and O–H groups in total. The molecule has 0 unspecified atom stereocenters. The van der Waals surface area contributed by atoms with Crippen LogP contribution in [-0.2, 0) is 5.41 Å². The minimum atomic E-state index is -0.346. The third kappa shape index (κ3) is 3.56. The van der Waals surface area contributed by atoms with Gasteiger partial charge in [0.2, 0.25) is 0 Å². The number of rotatable bonds is 7. The van der Waals surface area contributed by atoms with Crippen molar-refractivity contribution < 1.29 is 14.6 Å². The Morgan fingerprint density at radius 2 is 2.08 bits per heavy atom. The van der Waals surface area contributed by atoms with Gasteiger partial charge in [0.1, 0.15) is 0 Å². The second kappa shape index (κ2) is 7.79. The van der Waals surface area contributed by atoms with E-state index in [9.17, 15) is 5.11 Å². The van der Waals surface area contributed by atoms with Crippen molar-refractivity contribution in [1.29, 1.82) is 0 Å². The molecule has 3 atom stereocenters. The maximum Gasteiger partial charge on any atom is 0.161 e. The molecule has 2 aliphatic rings. The first-order valence-electron chi connectivity index (χ1n) is 9.58. The summed E-state index contributed by atoms with van der Waals surface area (Å²) in [7, 11) is 2.16. The molecule has 0 amide bonds. The first kappa shape index (κ1) is 18.3. The predicted octanol–water partition coefficient (Wildman–Crippen LogP) is 3.53. The molecular weight excluding hydrogens is 314 g/mol. The summed E-state index contributed by atoms with van der Waals surface area (Å²) in [6, 6.07) is 6.71. The molecule has 0 radical (unpaired) electrons. The second-order valence-electron chi connectivity index (χ2n) is 7.25. The van der Waals surface area contributed by atoms with Gasteiger partial charge in [0, 0.05) is 11.5 Å². The van der Waals surface area contributed by atoms with Gasteiger partial charge in [-0.3, -0.25) is 0 Å². The maximum absolute atomic E-state index is 10.1. The van der Waals surface area contributed by atoms with Crippen LogP contribution >= 0.6 is 0 Å². The van der Waals surface area contributed by atoms with Crippen molar-refractivity contribution in [1.82, 2.24) is 4.90 Å². The van der Waals surface area contributed by atoms with E-state index in [1.807, 2.05) is 19.1 Å². The lowest BCUT2D eigenvalue weighted by Crippen LogP contribution is -2.44. The van der Waals surface area contributed by atoms with E-state index in [0.717, 1.165) is 43.7 Å². The van der Waals surface area contributed by atoms with Gasteiger partial charge in [0.25, 0.3) is 0 Å². The monoisotopic (exact) mass is 345 g/mol. The van der Waals surface area contributed by atoms with E-state index < -0.39 is 0 Å². The number of aliphatic hydroxyl groups excluding tert-OH is 1. The normalized spacial score (nSPS) is 28.8. The summed E-state index contributed by atoms with van der Waals surface area (Å²) < 4.78 is 11.8. The van der Waals surface area contributed by atoms with Crippen LogP contribution in [0.25, 0.3) is 0 Å². The zero-order chi connectivity index (χ0) is 17.9. The van der Waals surface area contributed by atoms with Crippen molar-refractivity contribution in [3.8, 4) is 11.5 Å². The number of benzene rings is 1. The van der Waals surface area contributed by atoms with E-state index in [2.05, 4.69) is 37.1 Å². The molecule has 4 heteroatoms. The Labute approximate surface area is 151 Å². The molecule has 0 saturated carbocycles.